The summed E-state index contributed by atoms with van der Waals surface area (Å²) in [7, 11) is -3.56. The van der Waals surface area contributed by atoms with E-state index >= 15 is 0 Å². The molecule has 0 aliphatic carbocycles. The number of nitrogens with one attached hydrogen (secondary N) is 2. The molecule has 0 unspecified atom stereocenters. The summed E-state index contributed by atoms with van der Waals surface area (Å²) < 4.78 is 32.7. The number of sulfonamides is 1. The summed E-state index contributed by atoms with van der Waals surface area (Å²) in [6, 6.07) is 1.85. The molecule has 1 heterocycles. The Bertz CT molecular complexity index is 544. The lowest BCUT2D eigenvalue weighted by molar-refractivity contribution is 0.407. The van der Waals surface area contributed by atoms with Gasteiger partial charge in [-0.25, -0.2) is 13.1 Å². The molecule has 20 heavy (non-hydrogen) atoms. The third-order valence-electron chi connectivity index (χ3n) is 2.47. The predicted molar refractivity (Wildman–Crippen MR) is 83.0 cm³/mol. The maximum absolute atomic E-state index is 12.2. The van der Waals surface area contributed by atoms with Crippen LogP contribution in [0.5, 0.6) is 0 Å². The summed E-state index contributed by atoms with van der Waals surface area (Å²) >= 11 is 3.17. The van der Waals surface area contributed by atoms with Gasteiger partial charge in [-0.15, -0.1) is 0 Å². The molecule has 2 N–H and O–H groups in total. The monoisotopic (exact) mass is 366 g/mol. The minimum Gasteiger partial charge on any atom is -0.452 e. The Morgan fingerprint density at radius 3 is 2.45 bits per heavy atom. The summed E-state index contributed by atoms with van der Waals surface area (Å²) in [6.07, 6.45) is 0. The van der Waals surface area contributed by atoms with Crippen LogP contribution in [-0.4, -0.2) is 21.0 Å². The summed E-state index contributed by atoms with van der Waals surface area (Å²) in [6.45, 7) is 10.8. The molecule has 0 bridgehead atoms. The molecule has 0 radical (unpaired) electrons. The number of rotatable bonds is 6. The molecule has 0 spiro atoms. The van der Waals surface area contributed by atoms with Crippen molar-refractivity contribution in [1.29, 1.82) is 0 Å². The van der Waals surface area contributed by atoms with E-state index in [1.165, 1.54) is 0 Å². The quantitative estimate of drug-likeness (QED) is 0.811. The highest BCUT2D eigenvalue weighted by Crippen LogP contribution is 2.26. The zero-order chi connectivity index (χ0) is 15.6. The van der Waals surface area contributed by atoms with E-state index < -0.39 is 10.0 Å². The summed E-state index contributed by atoms with van der Waals surface area (Å²) in [4.78, 5) is 0.141. The van der Waals surface area contributed by atoms with Gasteiger partial charge in [0.25, 0.3) is 0 Å². The van der Waals surface area contributed by atoms with Gasteiger partial charge >= 0.3 is 0 Å². The molecule has 0 saturated carbocycles. The number of furan rings is 1. The van der Waals surface area contributed by atoms with Crippen molar-refractivity contribution in [3.63, 3.8) is 0 Å². The smallest absolute Gasteiger partial charge is 0.244 e. The van der Waals surface area contributed by atoms with Gasteiger partial charge in [0.2, 0.25) is 10.0 Å². The molecule has 0 aliphatic heterocycles. The van der Waals surface area contributed by atoms with Crippen LogP contribution in [0.15, 0.2) is 20.0 Å². The van der Waals surface area contributed by atoms with Crippen molar-refractivity contribution >= 4 is 26.0 Å². The molecular formula is C13H23BrN2O3S. The van der Waals surface area contributed by atoms with E-state index in [2.05, 4.69) is 26.0 Å². The fourth-order valence-electron chi connectivity index (χ4n) is 1.36. The molecule has 0 aromatic carbocycles. The van der Waals surface area contributed by atoms with E-state index in [0.29, 0.717) is 24.9 Å². The third-order valence-corrected chi connectivity index (χ3v) is 4.73. The van der Waals surface area contributed by atoms with Crippen LogP contribution in [0, 0.1) is 5.41 Å². The first-order valence-corrected chi connectivity index (χ1v) is 8.80. The third kappa shape index (κ3) is 5.55. The lowest BCUT2D eigenvalue weighted by Crippen LogP contribution is -2.32. The molecule has 1 aromatic heterocycles. The number of hydrogen-bond donors (Lipinski definition) is 2. The fourth-order valence-corrected chi connectivity index (χ4v) is 3.64. The van der Waals surface area contributed by atoms with E-state index in [9.17, 15) is 8.42 Å². The lowest BCUT2D eigenvalue weighted by Gasteiger charge is -2.18. The van der Waals surface area contributed by atoms with Crippen molar-refractivity contribution in [1.82, 2.24) is 10.0 Å². The first-order chi connectivity index (χ1) is 9.01. The van der Waals surface area contributed by atoms with Crippen molar-refractivity contribution in [2.24, 2.45) is 5.41 Å². The molecule has 0 fully saturated rings. The van der Waals surface area contributed by atoms with Gasteiger partial charge in [0.05, 0.1) is 6.54 Å². The first kappa shape index (κ1) is 17.7. The topological polar surface area (TPSA) is 71.3 Å². The Morgan fingerprint density at radius 1 is 1.35 bits per heavy atom. The molecule has 7 heteroatoms. The minimum absolute atomic E-state index is 0.120. The minimum atomic E-state index is -3.56. The van der Waals surface area contributed by atoms with Gasteiger partial charge < -0.3 is 9.73 Å². The van der Waals surface area contributed by atoms with Gasteiger partial charge in [-0.3, -0.25) is 0 Å². The summed E-state index contributed by atoms with van der Waals surface area (Å²) in [5.41, 5.74) is -0.120. The van der Waals surface area contributed by atoms with Crippen molar-refractivity contribution in [3.8, 4) is 0 Å². The Kier molecular flexibility index (Phi) is 5.83. The molecule has 0 saturated heterocycles. The van der Waals surface area contributed by atoms with Crippen molar-refractivity contribution in [2.75, 3.05) is 6.54 Å². The normalized spacial score (nSPS) is 13.2. The first-order valence-electron chi connectivity index (χ1n) is 6.52. The molecular weight excluding hydrogens is 344 g/mol. The zero-order valence-corrected chi connectivity index (χ0v) is 15.0. The summed E-state index contributed by atoms with van der Waals surface area (Å²) in [5.74, 6) is 0.585. The van der Waals surface area contributed by atoms with E-state index in [1.807, 2.05) is 34.6 Å². The van der Waals surface area contributed by atoms with E-state index in [-0.39, 0.29) is 15.0 Å². The Hall–Kier alpha value is -0.370. The maximum atomic E-state index is 12.2. The highest BCUT2D eigenvalue weighted by molar-refractivity contribution is 9.10. The molecule has 116 valence electrons. The van der Waals surface area contributed by atoms with E-state index in [1.54, 1.807) is 6.07 Å². The standard InChI is InChI=1S/C13H23BrN2O3S/c1-9(2)15-7-10-6-11(12(14)19-10)20(17,18)16-8-13(3,4)5/h6,9,15-16H,7-8H2,1-5H3. The van der Waals surface area contributed by atoms with Gasteiger partial charge in [-0.05, 0) is 21.3 Å². The van der Waals surface area contributed by atoms with Crippen LogP contribution in [0.4, 0.5) is 0 Å². The average Bonchev–Trinajstić information content (AvgIpc) is 2.65. The van der Waals surface area contributed by atoms with Gasteiger partial charge in [0.1, 0.15) is 10.7 Å². The second kappa shape index (κ2) is 6.60. The van der Waals surface area contributed by atoms with Gasteiger partial charge in [0.15, 0.2) is 4.67 Å². The van der Waals surface area contributed by atoms with Gasteiger partial charge in [-0.2, -0.15) is 0 Å². The van der Waals surface area contributed by atoms with Crippen LogP contribution >= 0.6 is 15.9 Å². The number of hydrogen-bond acceptors (Lipinski definition) is 4. The molecule has 0 aliphatic rings. The SMILES string of the molecule is CC(C)NCc1cc(S(=O)(=O)NCC(C)(C)C)c(Br)o1. The molecule has 0 atom stereocenters. The Balaban J connectivity index is 2.85. The highest BCUT2D eigenvalue weighted by atomic mass is 79.9. The van der Waals surface area contributed by atoms with Crippen LogP contribution in [0.25, 0.3) is 0 Å². The van der Waals surface area contributed by atoms with Crippen LogP contribution in [0.2, 0.25) is 0 Å². The van der Waals surface area contributed by atoms with E-state index in [0.717, 1.165) is 0 Å². The van der Waals surface area contributed by atoms with Crippen LogP contribution in [-0.2, 0) is 16.6 Å². The van der Waals surface area contributed by atoms with Gasteiger partial charge in [-0.1, -0.05) is 34.6 Å². The largest absolute Gasteiger partial charge is 0.452 e. The molecule has 0 amide bonds. The Morgan fingerprint density at radius 2 is 1.95 bits per heavy atom. The van der Waals surface area contributed by atoms with Crippen molar-refractivity contribution in [2.45, 2.75) is 52.1 Å². The highest BCUT2D eigenvalue weighted by Gasteiger charge is 2.24. The molecule has 5 nitrogen and oxygen atoms in total. The average molecular weight is 367 g/mol. The number of halogens is 1. The van der Waals surface area contributed by atoms with Crippen LogP contribution < -0.4 is 10.0 Å². The van der Waals surface area contributed by atoms with Crippen LogP contribution in [0.1, 0.15) is 40.4 Å². The predicted octanol–water partition coefficient (Wildman–Crippen LogP) is 2.86. The van der Waals surface area contributed by atoms with Crippen molar-refractivity contribution in [3.05, 3.63) is 16.5 Å². The molecule has 1 rings (SSSR count). The van der Waals surface area contributed by atoms with Crippen molar-refractivity contribution < 1.29 is 12.8 Å². The fraction of sp³-hybridized carbons (Fsp3) is 0.692. The second-order valence-corrected chi connectivity index (χ2v) is 8.73. The lowest BCUT2D eigenvalue weighted by atomic mass is 9.98. The second-order valence-electron chi connectivity index (χ2n) is 6.27. The Labute approximate surface area is 129 Å². The summed E-state index contributed by atoms with van der Waals surface area (Å²) in [5, 5.41) is 3.18. The zero-order valence-electron chi connectivity index (χ0n) is 12.6. The maximum Gasteiger partial charge on any atom is 0.244 e. The molecule has 1 aromatic rings. The van der Waals surface area contributed by atoms with E-state index in [4.69, 9.17) is 4.42 Å². The van der Waals surface area contributed by atoms with Gasteiger partial charge in [0, 0.05) is 18.7 Å². The van der Waals surface area contributed by atoms with Crippen LogP contribution in [0.3, 0.4) is 0 Å².